The quantitative estimate of drug-likeness (QED) is 0.492. The molecule has 1 atom stereocenters. The second kappa shape index (κ2) is 10.1. The molecule has 0 bridgehead atoms. The van der Waals surface area contributed by atoms with E-state index in [9.17, 15) is 13.2 Å². The number of rotatable bonds is 10. The van der Waals surface area contributed by atoms with Gasteiger partial charge >= 0.3 is 6.18 Å². The Balaban J connectivity index is 1.66. The summed E-state index contributed by atoms with van der Waals surface area (Å²) in [5.41, 5.74) is -0.552. The molecule has 3 rings (SSSR count). The Morgan fingerprint density at radius 3 is 2.69 bits per heavy atom. The Labute approximate surface area is 169 Å². The highest BCUT2D eigenvalue weighted by atomic mass is 19.4. The number of ether oxygens (including phenoxy) is 1. The fraction of sp³-hybridized carbons (Fsp3) is 0.619. The van der Waals surface area contributed by atoms with E-state index < -0.39 is 11.7 Å². The summed E-state index contributed by atoms with van der Waals surface area (Å²) in [4.78, 5) is 4.28. The van der Waals surface area contributed by atoms with Crippen molar-refractivity contribution in [2.45, 2.75) is 70.5 Å². The van der Waals surface area contributed by atoms with Crippen molar-refractivity contribution in [1.82, 2.24) is 15.5 Å². The Bertz CT molecular complexity index is 771. The number of nitrogens with one attached hydrogen (secondary N) is 1. The fourth-order valence-electron chi connectivity index (χ4n) is 3.47. The normalized spacial score (nSPS) is 17.0. The molecule has 0 aliphatic carbocycles. The van der Waals surface area contributed by atoms with Crippen LogP contribution in [-0.2, 0) is 6.18 Å². The third-order valence-corrected chi connectivity index (χ3v) is 5.10. The first kappa shape index (κ1) is 21.6. The van der Waals surface area contributed by atoms with Gasteiger partial charge in [0.25, 0.3) is 0 Å². The van der Waals surface area contributed by atoms with Crippen molar-refractivity contribution in [3.63, 3.8) is 0 Å². The number of hydrogen-bond acceptors (Lipinski definition) is 5. The number of alkyl halides is 3. The van der Waals surface area contributed by atoms with E-state index in [1.54, 1.807) is 6.07 Å². The van der Waals surface area contributed by atoms with Crippen LogP contribution in [-0.4, -0.2) is 23.3 Å². The van der Waals surface area contributed by atoms with Gasteiger partial charge in [-0.05, 0) is 44.0 Å². The lowest BCUT2D eigenvalue weighted by atomic mass is 10.1. The van der Waals surface area contributed by atoms with Crippen LogP contribution in [0.15, 0.2) is 22.7 Å². The predicted molar refractivity (Wildman–Crippen MR) is 104 cm³/mol. The molecule has 1 aliphatic rings. The van der Waals surface area contributed by atoms with Gasteiger partial charge in [0.1, 0.15) is 5.75 Å². The van der Waals surface area contributed by atoms with E-state index in [0.29, 0.717) is 5.89 Å². The molecule has 1 N–H and O–H groups in total. The van der Waals surface area contributed by atoms with Crippen LogP contribution < -0.4 is 10.1 Å². The molecule has 1 fully saturated rings. The molecule has 2 heterocycles. The molecule has 1 unspecified atom stereocenters. The summed E-state index contributed by atoms with van der Waals surface area (Å²) in [6.07, 6.45) is 3.65. The second-order valence-corrected chi connectivity index (χ2v) is 7.43. The summed E-state index contributed by atoms with van der Waals surface area (Å²) in [6.45, 7) is 3.28. The van der Waals surface area contributed by atoms with E-state index in [1.165, 1.54) is 12.5 Å². The third-order valence-electron chi connectivity index (χ3n) is 5.10. The molecule has 29 heavy (non-hydrogen) atoms. The minimum atomic E-state index is -4.52. The molecule has 0 spiro atoms. The van der Waals surface area contributed by atoms with Gasteiger partial charge in [0.2, 0.25) is 11.7 Å². The summed E-state index contributed by atoms with van der Waals surface area (Å²) in [7, 11) is 0. The van der Waals surface area contributed by atoms with Crippen LogP contribution in [0, 0.1) is 0 Å². The van der Waals surface area contributed by atoms with Gasteiger partial charge in [-0.15, -0.1) is 0 Å². The van der Waals surface area contributed by atoms with E-state index in [0.717, 1.165) is 57.6 Å². The average Bonchev–Trinajstić information content (AvgIpc) is 3.38. The van der Waals surface area contributed by atoms with E-state index in [1.807, 2.05) is 0 Å². The molecule has 2 aromatic rings. The topological polar surface area (TPSA) is 60.2 Å². The number of halogens is 3. The van der Waals surface area contributed by atoms with Crippen molar-refractivity contribution in [2.75, 3.05) is 13.2 Å². The SMILES string of the molecule is CCCCCCCCOc1ccc(-c2noc(C3CCCN3)n2)cc1C(F)(F)F. The number of benzene rings is 1. The molecular formula is C21H28F3N3O2. The lowest BCUT2D eigenvalue weighted by Crippen LogP contribution is -2.13. The van der Waals surface area contributed by atoms with Crippen molar-refractivity contribution < 1.29 is 22.4 Å². The van der Waals surface area contributed by atoms with Gasteiger partial charge < -0.3 is 14.6 Å². The summed E-state index contributed by atoms with van der Waals surface area (Å²) >= 11 is 0. The van der Waals surface area contributed by atoms with Crippen molar-refractivity contribution in [1.29, 1.82) is 0 Å². The van der Waals surface area contributed by atoms with Gasteiger partial charge in [-0.1, -0.05) is 44.2 Å². The van der Waals surface area contributed by atoms with E-state index >= 15 is 0 Å². The van der Waals surface area contributed by atoms with Crippen LogP contribution in [0.5, 0.6) is 5.75 Å². The standard InChI is InChI=1S/C21H28F3N3O2/c1-2-3-4-5-6-7-13-28-18-11-10-15(14-16(18)21(22,23)24)19-26-20(29-27-19)17-9-8-12-25-17/h10-11,14,17,25H,2-9,12-13H2,1H3. The summed E-state index contributed by atoms with van der Waals surface area (Å²) < 4.78 is 51.4. The predicted octanol–water partition coefficient (Wildman–Crippen LogP) is 5.92. The highest BCUT2D eigenvalue weighted by Crippen LogP contribution is 2.38. The molecule has 1 aromatic heterocycles. The van der Waals surface area contributed by atoms with Gasteiger partial charge in [-0.25, -0.2) is 0 Å². The molecule has 0 radical (unpaired) electrons. The van der Waals surface area contributed by atoms with Crippen molar-refractivity contribution in [3.05, 3.63) is 29.7 Å². The van der Waals surface area contributed by atoms with Crippen LogP contribution in [0.3, 0.4) is 0 Å². The largest absolute Gasteiger partial charge is 0.493 e. The minimum absolute atomic E-state index is 0.0294. The Morgan fingerprint density at radius 2 is 1.97 bits per heavy atom. The first-order chi connectivity index (χ1) is 14.0. The van der Waals surface area contributed by atoms with Crippen LogP contribution in [0.1, 0.15) is 75.8 Å². The molecule has 0 saturated carbocycles. The zero-order valence-corrected chi connectivity index (χ0v) is 16.7. The molecule has 1 aromatic carbocycles. The highest BCUT2D eigenvalue weighted by Gasteiger charge is 2.35. The Kier molecular flexibility index (Phi) is 7.52. The minimum Gasteiger partial charge on any atom is -0.493 e. The highest BCUT2D eigenvalue weighted by molar-refractivity contribution is 5.59. The summed E-state index contributed by atoms with van der Waals surface area (Å²) in [5.74, 6) is 0.409. The lowest BCUT2D eigenvalue weighted by molar-refractivity contribution is -0.138. The summed E-state index contributed by atoms with van der Waals surface area (Å²) in [6, 6.07) is 3.90. The van der Waals surface area contributed by atoms with E-state index in [4.69, 9.17) is 9.26 Å². The maximum Gasteiger partial charge on any atom is 0.419 e. The number of unbranched alkanes of at least 4 members (excludes halogenated alkanes) is 5. The number of aromatic nitrogens is 2. The molecule has 160 valence electrons. The van der Waals surface area contributed by atoms with E-state index in [-0.39, 0.29) is 29.8 Å². The number of hydrogen-bond donors (Lipinski definition) is 1. The zero-order chi connectivity index (χ0) is 20.7. The Hall–Kier alpha value is -2.09. The van der Waals surface area contributed by atoms with Crippen molar-refractivity contribution in [2.24, 2.45) is 0 Å². The monoisotopic (exact) mass is 411 g/mol. The number of nitrogens with zero attached hydrogens (tertiary/aromatic N) is 2. The summed E-state index contributed by atoms with van der Waals surface area (Å²) in [5, 5.41) is 7.09. The zero-order valence-electron chi connectivity index (χ0n) is 16.7. The van der Waals surface area contributed by atoms with Gasteiger partial charge in [0.05, 0.1) is 18.2 Å². The maximum absolute atomic E-state index is 13.6. The first-order valence-corrected chi connectivity index (χ1v) is 10.4. The van der Waals surface area contributed by atoms with Gasteiger partial charge in [-0.2, -0.15) is 18.2 Å². The maximum atomic E-state index is 13.6. The van der Waals surface area contributed by atoms with Gasteiger partial charge in [-0.3, -0.25) is 0 Å². The van der Waals surface area contributed by atoms with Crippen LogP contribution >= 0.6 is 0 Å². The fourth-order valence-corrected chi connectivity index (χ4v) is 3.47. The molecule has 5 nitrogen and oxygen atoms in total. The van der Waals surface area contributed by atoms with Crippen molar-refractivity contribution >= 4 is 0 Å². The van der Waals surface area contributed by atoms with Crippen LogP contribution in [0.4, 0.5) is 13.2 Å². The van der Waals surface area contributed by atoms with Gasteiger partial charge in [0, 0.05) is 5.56 Å². The van der Waals surface area contributed by atoms with Crippen molar-refractivity contribution in [3.8, 4) is 17.1 Å². The molecule has 1 aliphatic heterocycles. The third kappa shape index (κ3) is 5.95. The first-order valence-electron chi connectivity index (χ1n) is 10.4. The van der Waals surface area contributed by atoms with Crippen LogP contribution in [0.2, 0.25) is 0 Å². The molecule has 1 saturated heterocycles. The second-order valence-electron chi connectivity index (χ2n) is 7.43. The smallest absolute Gasteiger partial charge is 0.419 e. The lowest BCUT2D eigenvalue weighted by Gasteiger charge is -2.14. The Morgan fingerprint density at radius 1 is 1.17 bits per heavy atom. The molecule has 0 amide bonds. The molecule has 8 heteroatoms. The molecular weight excluding hydrogens is 383 g/mol. The van der Waals surface area contributed by atoms with Gasteiger partial charge in [0.15, 0.2) is 0 Å². The van der Waals surface area contributed by atoms with E-state index in [2.05, 4.69) is 22.4 Å². The average molecular weight is 411 g/mol. The van der Waals surface area contributed by atoms with Crippen LogP contribution in [0.25, 0.3) is 11.4 Å².